The topological polar surface area (TPSA) is 38.3 Å². The summed E-state index contributed by atoms with van der Waals surface area (Å²) in [6.45, 7) is 6.40. The molecule has 1 heterocycles. The van der Waals surface area contributed by atoms with Crippen LogP contribution in [0.5, 0.6) is 0 Å². The van der Waals surface area contributed by atoms with Crippen LogP contribution in [0.2, 0.25) is 0 Å². The maximum absolute atomic E-state index is 12.7. The third-order valence-corrected chi connectivity index (χ3v) is 6.32. The molecule has 1 aliphatic carbocycles. The van der Waals surface area contributed by atoms with Gasteiger partial charge in [0, 0.05) is 23.4 Å². The van der Waals surface area contributed by atoms with Crippen molar-refractivity contribution in [2.24, 2.45) is 5.92 Å². The van der Waals surface area contributed by atoms with Gasteiger partial charge < -0.3 is 10.1 Å². The van der Waals surface area contributed by atoms with E-state index >= 15 is 0 Å². The minimum Gasteiger partial charge on any atom is -0.377 e. The van der Waals surface area contributed by atoms with Crippen molar-refractivity contribution >= 4 is 10.8 Å². The molecule has 1 N–H and O–H groups in total. The second-order valence-electron chi connectivity index (χ2n) is 6.20. The van der Waals surface area contributed by atoms with E-state index < -0.39 is 10.8 Å². The highest BCUT2D eigenvalue weighted by atomic mass is 32.2. The summed E-state index contributed by atoms with van der Waals surface area (Å²) in [6, 6.07) is 0.457. The first-order valence-electron chi connectivity index (χ1n) is 7.92. The van der Waals surface area contributed by atoms with Gasteiger partial charge >= 0.3 is 0 Å². The van der Waals surface area contributed by atoms with Crippen molar-refractivity contribution in [1.82, 2.24) is 5.32 Å². The zero-order valence-electron chi connectivity index (χ0n) is 12.4. The Morgan fingerprint density at radius 2 is 2.16 bits per heavy atom. The Labute approximate surface area is 120 Å². The smallest absolute Gasteiger partial charge is 0.0691 e. The van der Waals surface area contributed by atoms with Crippen molar-refractivity contribution in [3.8, 4) is 0 Å². The maximum Gasteiger partial charge on any atom is 0.0691 e. The number of rotatable bonds is 6. The number of hydrogen-bond acceptors (Lipinski definition) is 3. The second kappa shape index (κ2) is 7.75. The molecule has 0 aromatic heterocycles. The fraction of sp³-hybridized carbons (Fsp3) is 1.00. The van der Waals surface area contributed by atoms with Crippen molar-refractivity contribution in [2.45, 2.75) is 69.8 Å². The Balaban J connectivity index is 1.89. The largest absolute Gasteiger partial charge is 0.377 e. The lowest BCUT2D eigenvalue weighted by atomic mass is 9.87. The van der Waals surface area contributed by atoms with E-state index in [2.05, 4.69) is 19.2 Å². The van der Waals surface area contributed by atoms with Gasteiger partial charge in [0.2, 0.25) is 0 Å². The molecular weight excluding hydrogens is 258 g/mol. The Kier molecular flexibility index (Phi) is 6.30. The molecule has 1 aliphatic heterocycles. The summed E-state index contributed by atoms with van der Waals surface area (Å²) >= 11 is 0. The molecule has 2 rings (SSSR count). The standard InChI is InChI=1S/C15H29NO2S/c1-3-8-16-14-7-6-12(2)10-15(14)19(17)11-13-5-4-9-18-13/h12-16H,3-11H2,1-2H3. The van der Waals surface area contributed by atoms with Crippen LogP contribution in [0.3, 0.4) is 0 Å². The fourth-order valence-electron chi connectivity index (χ4n) is 3.27. The van der Waals surface area contributed by atoms with Gasteiger partial charge in [-0.05, 0) is 51.0 Å². The van der Waals surface area contributed by atoms with E-state index in [0.717, 1.165) is 50.5 Å². The second-order valence-corrected chi connectivity index (χ2v) is 7.90. The van der Waals surface area contributed by atoms with Crippen LogP contribution in [-0.2, 0) is 15.5 Å². The molecule has 1 saturated carbocycles. The minimum absolute atomic E-state index is 0.255. The molecule has 5 unspecified atom stereocenters. The summed E-state index contributed by atoms with van der Waals surface area (Å²) in [7, 11) is -0.738. The van der Waals surface area contributed by atoms with Gasteiger partial charge in [-0.15, -0.1) is 0 Å². The molecule has 19 heavy (non-hydrogen) atoms. The van der Waals surface area contributed by atoms with E-state index in [0.29, 0.717) is 11.3 Å². The first-order chi connectivity index (χ1) is 9.20. The van der Waals surface area contributed by atoms with Crippen molar-refractivity contribution in [3.63, 3.8) is 0 Å². The SMILES string of the molecule is CCCNC1CCC(C)CC1S(=O)CC1CCCO1. The maximum atomic E-state index is 12.7. The summed E-state index contributed by atoms with van der Waals surface area (Å²) in [5.74, 6) is 1.47. The third-order valence-electron chi connectivity index (χ3n) is 4.42. The lowest BCUT2D eigenvalue weighted by Gasteiger charge is -2.35. The molecule has 0 aromatic rings. The van der Waals surface area contributed by atoms with Crippen LogP contribution < -0.4 is 5.32 Å². The normalized spacial score (nSPS) is 37.4. The summed E-state index contributed by atoms with van der Waals surface area (Å²) in [6.07, 6.45) is 7.21. The van der Waals surface area contributed by atoms with E-state index in [-0.39, 0.29) is 6.10 Å². The molecule has 0 spiro atoms. The van der Waals surface area contributed by atoms with Crippen LogP contribution in [-0.4, -0.2) is 40.5 Å². The number of hydrogen-bond donors (Lipinski definition) is 1. The van der Waals surface area contributed by atoms with E-state index in [1.807, 2.05) is 0 Å². The Morgan fingerprint density at radius 3 is 2.84 bits per heavy atom. The van der Waals surface area contributed by atoms with Gasteiger partial charge in [0.15, 0.2) is 0 Å². The molecular formula is C15H29NO2S. The summed E-state index contributed by atoms with van der Waals surface area (Å²) in [5, 5.41) is 3.95. The number of nitrogens with one attached hydrogen (secondary N) is 1. The van der Waals surface area contributed by atoms with E-state index in [4.69, 9.17) is 4.74 Å². The van der Waals surface area contributed by atoms with E-state index in [1.165, 1.54) is 12.8 Å². The van der Waals surface area contributed by atoms with E-state index in [9.17, 15) is 4.21 Å². The quantitative estimate of drug-likeness (QED) is 0.815. The van der Waals surface area contributed by atoms with Crippen LogP contribution in [0.15, 0.2) is 0 Å². The molecule has 2 aliphatic rings. The zero-order valence-corrected chi connectivity index (χ0v) is 13.2. The lowest BCUT2D eigenvalue weighted by molar-refractivity contribution is 0.128. The third kappa shape index (κ3) is 4.54. The average Bonchev–Trinajstić information content (AvgIpc) is 2.90. The molecule has 2 fully saturated rings. The Morgan fingerprint density at radius 1 is 1.32 bits per heavy atom. The molecule has 3 nitrogen and oxygen atoms in total. The van der Waals surface area contributed by atoms with Gasteiger partial charge in [-0.3, -0.25) is 4.21 Å². The minimum atomic E-state index is -0.738. The highest BCUT2D eigenvalue weighted by molar-refractivity contribution is 7.85. The van der Waals surface area contributed by atoms with E-state index in [1.54, 1.807) is 0 Å². The Bertz CT molecular complexity index is 290. The van der Waals surface area contributed by atoms with Gasteiger partial charge in [0.1, 0.15) is 0 Å². The molecule has 0 radical (unpaired) electrons. The summed E-state index contributed by atoms with van der Waals surface area (Å²) in [5.41, 5.74) is 0. The predicted molar refractivity (Wildman–Crippen MR) is 80.9 cm³/mol. The Hall–Kier alpha value is 0.0700. The molecule has 112 valence electrons. The van der Waals surface area contributed by atoms with Crippen LogP contribution in [0, 0.1) is 5.92 Å². The van der Waals surface area contributed by atoms with Gasteiger partial charge in [-0.25, -0.2) is 0 Å². The molecule has 1 saturated heterocycles. The first kappa shape index (κ1) is 15.5. The fourth-order valence-corrected chi connectivity index (χ4v) is 5.28. The van der Waals surface area contributed by atoms with Crippen molar-refractivity contribution in [1.29, 1.82) is 0 Å². The van der Waals surface area contributed by atoms with Gasteiger partial charge in [-0.1, -0.05) is 13.8 Å². The summed E-state index contributed by atoms with van der Waals surface area (Å²) < 4.78 is 18.3. The monoisotopic (exact) mass is 287 g/mol. The van der Waals surface area contributed by atoms with Crippen LogP contribution in [0.1, 0.15) is 52.4 Å². The molecule has 5 atom stereocenters. The van der Waals surface area contributed by atoms with Crippen molar-refractivity contribution in [2.75, 3.05) is 18.9 Å². The highest BCUT2D eigenvalue weighted by Gasteiger charge is 2.33. The average molecular weight is 287 g/mol. The molecule has 0 amide bonds. The molecule has 4 heteroatoms. The lowest BCUT2D eigenvalue weighted by Crippen LogP contribution is -2.47. The zero-order chi connectivity index (χ0) is 13.7. The highest BCUT2D eigenvalue weighted by Crippen LogP contribution is 2.29. The molecule has 0 bridgehead atoms. The summed E-state index contributed by atoms with van der Waals surface area (Å²) in [4.78, 5) is 0. The van der Waals surface area contributed by atoms with Crippen LogP contribution in [0.25, 0.3) is 0 Å². The van der Waals surface area contributed by atoms with Crippen molar-refractivity contribution in [3.05, 3.63) is 0 Å². The van der Waals surface area contributed by atoms with Gasteiger partial charge in [0.25, 0.3) is 0 Å². The predicted octanol–water partition coefficient (Wildman–Crippen LogP) is 2.47. The van der Waals surface area contributed by atoms with Crippen molar-refractivity contribution < 1.29 is 8.95 Å². The molecule has 0 aromatic carbocycles. The van der Waals surface area contributed by atoms with Gasteiger partial charge in [0.05, 0.1) is 17.1 Å². The van der Waals surface area contributed by atoms with Crippen LogP contribution in [0.4, 0.5) is 0 Å². The van der Waals surface area contributed by atoms with Crippen LogP contribution >= 0.6 is 0 Å². The van der Waals surface area contributed by atoms with Gasteiger partial charge in [-0.2, -0.15) is 0 Å². The number of ether oxygens (including phenoxy) is 1. The first-order valence-corrected chi connectivity index (χ1v) is 9.31.